The van der Waals surface area contributed by atoms with Crippen molar-refractivity contribution in [3.05, 3.63) is 35.4 Å². The predicted molar refractivity (Wildman–Crippen MR) is 79.0 cm³/mol. The highest BCUT2D eigenvalue weighted by Gasteiger charge is 2.12. The molecule has 0 aliphatic carbocycles. The van der Waals surface area contributed by atoms with E-state index in [1.807, 2.05) is 0 Å². The Morgan fingerprint density at radius 3 is 2.22 bits per heavy atom. The summed E-state index contributed by atoms with van der Waals surface area (Å²) in [6.45, 7) is 4.70. The number of unbranched alkanes of at least 4 members (excludes halogenated alkanes) is 1. The molecule has 1 heteroatoms. The van der Waals surface area contributed by atoms with Gasteiger partial charge in [0.2, 0.25) is 0 Å². The topological polar surface area (TPSA) is 12.0 Å². The molecule has 1 aliphatic rings. The molecule has 2 rings (SSSR count). The summed E-state index contributed by atoms with van der Waals surface area (Å²) in [5.41, 5.74) is 3.02. The van der Waals surface area contributed by atoms with Crippen molar-refractivity contribution in [3.8, 4) is 0 Å². The standard InChI is InChI=1S/C17H27N/c1-2-3-4-15-5-7-16(8-6-15)9-10-17-11-13-18-14-12-17/h5-8,17-18H,2-4,9-14H2,1H3. The van der Waals surface area contributed by atoms with Crippen molar-refractivity contribution in [1.82, 2.24) is 5.32 Å². The fraction of sp³-hybridized carbons (Fsp3) is 0.647. The second-order valence-corrected chi connectivity index (χ2v) is 5.65. The van der Waals surface area contributed by atoms with Crippen molar-refractivity contribution in [3.63, 3.8) is 0 Å². The van der Waals surface area contributed by atoms with E-state index >= 15 is 0 Å². The second kappa shape index (κ2) is 7.58. The van der Waals surface area contributed by atoms with Gasteiger partial charge in [-0.15, -0.1) is 0 Å². The van der Waals surface area contributed by atoms with E-state index in [1.54, 1.807) is 0 Å². The van der Waals surface area contributed by atoms with E-state index in [0.717, 1.165) is 5.92 Å². The van der Waals surface area contributed by atoms with E-state index in [-0.39, 0.29) is 0 Å². The van der Waals surface area contributed by atoms with Gasteiger partial charge in [-0.1, -0.05) is 37.6 Å². The molecule has 0 unspecified atom stereocenters. The first-order chi connectivity index (χ1) is 8.88. The van der Waals surface area contributed by atoms with E-state index in [9.17, 15) is 0 Å². The van der Waals surface area contributed by atoms with Gasteiger partial charge in [0.25, 0.3) is 0 Å². The maximum atomic E-state index is 3.44. The summed E-state index contributed by atoms with van der Waals surface area (Å²) in [5, 5.41) is 3.44. The lowest BCUT2D eigenvalue weighted by atomic mass is 9.91. The van der Waals surface area contributed by atoms with Gasteiger partial charge in [0.15, 0.2) is 0 Å². The van der Waals surface area contributed by atoms with Gasteiger partial charge >= 0.3 is 0 Å². The molecule has 0 amide bonds. The number of piperidine rings is 1. The third-order valence-corrected chi connectivity index (χ3v) is 4.14. The fourth-order valence-electron chi connectivity index (χ4n) is 2.79. The highest BCUT2D eigenvalue weighted by Crippen LogP contribution is 2.19. The van der Waals surface area contributed by atoms with Crippen LogP contribution in [0.1, 0.15) is 50.2 Å². The second-order valence-electron chi connectivity index (χ2n) is 5.65. The molecule has 1 aliphatic heterocycles. The van der Waals surface area contributed by atoms with Crippen LogP contribution in [0.25, 0.3) is 0 Å². The average molecular weight is 245 g/mol. The molecule has 100 valence electrons. The predicted octanol–water partition coefficient (Wildman–Crippen LogP) is 3.96. The number of aryl methyl sites for hydroxylation is 2. The van der Waals surface area contributed by atoms with E-state index in [1.165, 1.54) is 69.2 Å². The first kappa shape index (κ1) is 13.6. The Balaban J connectivity index is 1.75. The maximum absolute atomic E-state index is 3.44. The molecular weight excluding hydrogens is 218 g/mol. The molecule has 1 aromatic rings. The van der Waals surface area contributed by atoms with E-state index in [4.69, 9.17) is 0 Å². The van der Waals surface area contributed by atoms with Crippen molar-refractivity contribution < 1.29 is 0 Å². The summed E-state index contributed by atoms with van der Waals surface area (Å²) in [5.74, 6) is 0.950. The summed E-state index contributed by atoms with van der Waals surface area (Å²) >= 11 is 0. The van der Waals surface area contributed by atoms with Crippen molar-refractivity contribution in [2.24, 2.45) is 5.92 Å². The summed E-state index contributed by atoms with van der Waals surface area (Å²) in [4.78, 5) is 0. The number of nitrogens with one attached hydrogen (secondary N) is 1. The zero-order chi connectivity index (χ0) is 12.6. The van der Waals surface area contributed by atoms with Crippen molar-refractivity contribution >= 4 is 0 Å². The molecule has 1 heterocycles. The van der Waals surface area contributed by atoms with Gasteiger partial charge in [-0.3, -0.25) is 0 Å². The minimum Gasteiger partial charge on any atom is -0.317 e. The van der Waals surface area contributed by atoms with Gasteiger partial charge in [0.05, 0.1) is 0 Å². The number of hydrogen-bond acceptors (Lipinski definition) is 1. The molecule has 1 fully saturated rings. The van der Waals surface area contributed by atoms with Crippen LogP contribution < -0.4 is 5.32 Å². The quantitative estimate of drug-likeness (QED) is 0.800. The van der Waals surface area contributed by atoms with Crippen LogP contribution >= 0.6 is 0 Å². The minimum absolute atomic E-state index is 0.950. The van der Waals surface area contributed by atoms with Gasteiger partial charge in [0, 0.05) is 0 Å². The van der Waals surface area contributed by atoms with Gasteiger partial charge < -0.3 is 5.32 Å². The summed E-state index contributed by atoms with van der Waals surface area (Å²) in [6, 6.07) is 9.33. The molecule has 0 radical (unpaired) electrons. The van der Waals surface area contributed by atoms with Gasteiger partial charge in [-0.05, 0) is 68.7 Å². The molecule has 1 aromatic carbocycles. The summed E-state index contributed by atoms with van der Waals surface area (Å²) in [7, 11) is 0. The third kappa shape index (κ3) is 4.45. The molecule has 0 aromatic heterocycles. The molecular formula is C17H27N. The summed E-state index contributed by atoms with van der Waals surface area (Å²) < 4.78 is 0. The van der Waals surface area contributed by atoms with Crippen LogP contribution in [-0.2, 0) is 12.8 Å². The first-order valence-corrected chi connectivity index (χ1v) is 7.67. The smallest absolute Gasteiger partial charge is 0.00463 e. The molecule has 1 nitrogen and oxygen atoms in total. The molecule has 0 spiro atoms. The summed E-state index contributed by atoms with van der Waals surface area (Å²) in [6.07, 6.45) is 9.22. The van der Waals surface area contributed by atoms with Crippen LogP contribution in [0.2, 0.25) is 0 Å². The van der Waals surface area contributed by atoms with Gasteiger partial charge in [-0.25, -0.2) is 0 Å². The lowest BCUT2D eigenvalue weighted by Crippen LogP contribution is -2.27. The highest BCUT2D eigenvalue weighted by molar-refractivity contribution is 5.22. The van der Waals surface area contributed by atoms with Crippen LogP contribution in [0, 0.1) is 5.92 Å². The zero-order valence-corrected chi connectivity index (χ0v) is 11.8. The van der Waals surface area contributed by atoms with Crippen molar-refractivity contribution in [2.45, 2.75) is 51.9 Å². The van der Waals surface area contributed by atoms with Crippen LogP contribution in [0.3, 0.4) is 0 Å². The highest BCUT2D eigenvalue weighted by atomic mass is 14.9. The molecule has 18 heavy (non-hydrogen) atoms. The first-order valence-electron chi connectivity index (χ1n) is 7.67. The van der Waals surface area contributed by atoms with Crippen molar-refractivity contribution in [2.75, 3.05) is 13.1 Å². The molecule has 0 saturated carbocycles. The monoisotopic (exact) mass is 245 g/mol. The number of hydrogen-bond donors (Lipinski definition) is 1. The number of benzene rings is 1. The normalized spacial score (nSPS) is 16.9. The minimum atomic E-state index is 0.950. The van der Waals surface area contributed by atoms with Crippen LogP contribution in [-0.4, -0.2) is 13.1 Å². The average Bonchev–Trinajstić information content (AvgIpc) is 2.45. The Hall–Kier alpha value is -0.820. The third-order valence-electron chi connectivity index (χ3n) is 4.14. The molecule has 1 saturated heterocycles. The fourth-order valence-corrected chi connectivity index (χ4v) is 2.79. The Bertz CT molecular complexity index is 322. The largest absolute Gasteiger partial charge is 0.317 e. The SMILES string of the molecule is CCCCc1ccc(CCC2CCNCC2)cc1. The van der Waals surface area contributed by atoms with Crippen LogP contribution in [0.5, 0.6) is 0 Å². The van der Waals surface area contributed by atoms with E-state index < -0.39 is 0 Å². The zero-order valence-electron chi connectivity index (χ0n) is 11.8. The van der Waals surface area contributed by atoms with E-state index in [2.05, 4.69) is 36.5 Å². The van der Waals surface area contributed by atoms with Crippen molar-refractivity contribution in [1.29, 1.82) is 0 Å². The molecule has 1 N–H and O–H groups in total. The molecule has 0 atom stereocenters. The Kier molecular flexibility index (Phi) is 5.73. The Morgan fingerprint density at radius 2 is 1.61 bits per heavy atom. The lowest BCUT2D eigenvalue weighted by Gasteiger charge is -2.22. The van der Waals surface area contributed by atoms with E-state index in [0.29, 0.717) is 0 Å². The van der Waals surface area contributed by atoms with Gasteiger partial charge in [-0.2, -0.15) is 0 Å². The lowest BCUT2D eigenvalue weighted by molar-refractivity contribution is 0.354. The Labute approximate surface area is 112 Å². The maximum Gasteiger partial charge on any atom is -0.00463 e. The van der Waals surface area contributed by atoms with Gasteiger partial charge in [0.1, 0.15) is 0 Å². The number of rotatable bonds is 6. The van der Waals surface area contributed by atoms with Crippen LogP contribution in [0.15, 0.2) is 24.3 Å². The Morgan fingerprint density at radius 1 is 1.00 bits per heavy atom. The molecule has 0 bridgehead atoms. The van der Waals surface area contributed by atoms with Crippen LogP contribution in [0.4, 0.5) is 0 Å².